The first-order valence-electron chi connectivity index (χ1n) is 8.80. The van der Waals surface area contributed by atoms with Crippen molar-refractivity contribution in [2.75, 3.05) is 23.3 Å². The molecular weight excluding hydrogens is 381 g/mol. The number of rotatable bonds is 4. The van der Waals surface area contributed by atoms with Gasteiger partial charge in [0.25, 0.3) is 5.91 Å². The Morgan fingerprint density at radius 2 is 1.78 bits per heavy atom. The van der Waals surface area contributed by atoms with Crippen molar-refractivity contribution in [3.05, 3.63) is 63.6 Å². The van der Waals surface area contributed by atoms with E-state index in [1.165, 1.54) is 31.0 Å². The van der Waals surface area contributed by atoms with Gasteiger partial charge in [0.15, 0.2) is 0 Å². The number of nitriles is 1. The lowest BCUT2D eigenvalue weighted by Gasteiger charge is -2.28. The van der Waals surface area contributed by atoms with Crippen molar-refractivity contribution in [2.45, 2.75) is 19.3 Å². The highest BCUT2D eigenvalue weighted by Gasteiger charge is 2.13. The van der Waals surface area contributed by atoms with Gasteiger partial charge < -0.3 is 10.2 Å². The van der Waals surface area contributed by atoms with Crippen LogP contribution in [0.25, 0.3) is 6.08 Å². The summed E-state index contributed by atoms with van der Waals surface area (Å²) in [6.45, 7) is 2.14. The van der Waals surface area contributed by atoms with Crippen molar-refractivity contribution >= 4 is 46.6 Å². The fraction of sp³-hybridized carbons (Fsp3) is 0.238. The second-order valence-electron chi connectivity index (χ2n) is 6.39. The number of amides is 1. The van der Waals surface area contributed by atoms with Gasteiger partial charge in [0.2, 0.25) is 0 Å². The van der Waals surface area contributed by atoms with E-state index in [-0.39, 0.29) is 5.57 Å². The van der Waals surface area contributed by atoms with Crippen molar-refractivity contribution in [3.63, 3.8) is 0 Å². The number of benzene rings is 2. The van der Waals surface area contributed by atoms with Crippen molar-refractivity contribution in [1.82, 2.24) is 0 Å². The number of nitrogens with zero attached hydrogens (tertiary/aromatic N) is 2. The van der Waals surface area contributed by atoms with Gasteiger partial charge in [-0.25, -0.2) is 0 Å². The van der Waals surface area contributed by atoms with E-state index in [1.54, 1.807) is 18.2 Å². The quantitative estimate of drug-likeness (QED) is 0.542. The summed E-state index contributed by atoms with van der Waals surface area (Å²) in [5, 5.41) is 12.8. The highest BCUT2D eigenvalue weighted by molar-refractivity contribution is 6.36. The molecule has 0 atom stereocenters. The predicted molar refractivity (Wildman–Crippen MR) is 111 cm³/mol. The highest BCUT2D eigenvalue weighted by atomic mass is 35.5. The molecule has 0 bridgehead atoms. The fourth-order valence-corrected chi connectivity index (χ4v) is 3.48. The summed E-state index contributed by atoms with van der Waals surface area (Å²) in [5.74, 6) is -0.512. The Kier molecular flexibility index (Phi) is 6.39. The smallest absolute Gasteiger partial charge is 0.266 e. The summed E-state index contributed by atoms with van der Waals surface area (Å²) < 4.78 is 0. The van der Waals surface area contributed by atoms with Gasteiger partial charge in [0.1, 0.15) is 11.6 Å². The van der Waals surface area contributed by atoms with Crippen molar-refractivity contribution in [3.8, 4) is 6.07 Å². The second kappa shape index (κ2) is 8.94. The Balaban J connectivity index is 1.73. The molecule has 1 saturated heterocycles. The molecule has 0 radical (unpaired) electrons. The van der Waals surface area contributed by atoms with E-state index >= 15 is 0 Å². The molecular formula is C21H19Cl2N3O. The number of hydrogen-bond donors (Lipinski definition) is 1. The molecule has 1 amide bonds. The van der Waals surface area contributed by atoms with Gasteiger partial charge in [-0.05, 0) is 61.2 Å². The summed E-state index contributed by atoms with van der Waals surface area (Å²) in [6.07, 6.45) is 5.29. The Morgan fingerprint density at radius 3 is 2.41 bits per heavy atom. The van der Waals surface area contributed by atoms with Gasteiger partial charge in [-0.2, -0.15) is 5.26 Å². The molecule has 1 aliphatic rings. The third kappa shape index (κ3) is 5.03. The second-order valence-corrected chi connectivity index (χ2v) is 7.23. The summed E-state index contributed by atoms with van der Waals surface area (Å²) in [7, 11) is 0. The first kappa shape index (κ1) is 19.3. The molecule has 0 saturated carbocycles. The molecule has 1 aliphatic heterocycles. The zero-order chi connectivity index (χ0) is 19.2. The molecule has 0 unspecified atom stereocenters. The van der Waals surface area contributed by atoms with Crippen molar-refractivity contribution < 1.29 is 4.79 Å². The lowest BCUT2D eigenvalue weighted by molar-refractivity contribution is -0.112. The SMILES string of the molecule is N#C/C(=C/c1ccc(N2CCCCC2)cc1)C(=O)Nc1ccc(Cl)cc1Cl. The maximum atomic E-state index is 12.4. The van der Waals surface area contributed by atoms with Crippen molar-refractivity contribution in [2.24, 2.45) is 0 Å². The minimum Gasteiger partial charge on any atom is -0.372 e. The predicted octanol–water partition coefficient (Wildman–Crippen LogP) is 5.53. The Bertz CT molecular complexity index is 895. The maximum absolute atomic E-state index is 12.4. The van der Waals surface area contributed by atoms with E-state index in [1.807, 2.05) is 30.3 Å². The number of nitrogens with one attached hydrogen (secondary N) is 1. The van der Waals surface area contributed by atoms with Crippen LogP contribution in [-0.4, -0.2) is 19.0 Å². The summed E-state index contributed by atoms with van der Waals surface area (Å²) in [6, 6.07) is 14.6. The summed E-state index contributed by atoms with van der Waals surface area (Å²) >= 11 is 11.9. The highest BCUT2D eigenvalue weighted by Crippen LogP contribution is 2.26. The molecule has 0 spiro atoms. The van der Waals surface area contributed by atoms with Crippen LogP contribution in [0.4, 0.5) is 11.4 Å². The minimum atomic E-state index is -0.512. The Hall–Kier alpha value is -2.48. The normalized spacial score (nSPS) is 14.6. The van der Waals surface area contributed by atoms with E-state index in [0.29, 0.717) is 15.7 Å². The van der Waals surface area contributed by atoms with Crippen LogP contribution in [0.1, 0.15) is 24.8 Å². The molecule has 0 aliphatic carbocycles. The lowest BCUT2D eigenvalue weighted by atomic mass is 10.1. The van der Waals surface area contributed by atoms with Crippen molar-refractivity contribution in [1.29, 1.82) is 5.26 Å². The van der Waals surface area contributed by atoms with E-state index < -0.39 is 5.91 Å². The van der Waals surface area contributed by atoms with Gasteiger partial charge >= 0.3 is 0 Å². The van der Waals surface area contributed by atoms with Gasteiger partial charge in [0, 0.05) is 23.8 Å². The topological polar surface area (TPSA) is 56.1 Å². The van der Waals surface area contributed by atoms with Crippen LogP contribution < -0.4 is 10.2 Å². The molecule has 2 aromatic carbocycles. The molecule has 1 N–H and O–H groups in total. The Labute approximate surface area is 169 Å². The average molecular weight is 400 g/mol. The largest absolute Gasteiger partial charge is 0.372 e. The number of halogens is 2. The molecule has 0 aromatic heterocycles. The molecule has 2 aromatic rings. The molecule has 27 heavy (non-hydrogen) atoms. The molecule has 1 heterocycles. The molecule has 1 fully saturated rings. The third-order valence-electron chi connectivity index (χ3n) is 4.47. The van der Waals surface area contributed by atoms with Gasteiger partial charge in [-0.3, -0.25) is 4.79 Å². The average Bonchev–Trinajstić information content (AvgIpc) is 2.69. The monoisotopic (exact) mass is 399 g/mol. The zero-order valence-electron chi connectivity index (χ0n) is 14.7. The van der Waals surface area contributed by atoms with Gasteiger partial charge in [-0.1, -0.05) is 35.3 Å². The summed E-state index contributed by atoms with van der Waals surface area (Å²) in [4.78, 5) is 14.8. The van der Waals surface area contributed by atoms with E-state index in [2.05, 4.69) is 10.2 Å². The number of carbonyl (C=O) groups is 1. The Morgan fingerprint density at radius 1 is 1.07 bits per heavy atom. The van der Waals surface area contributed by atoms with Crippen LogP contribution in [0.5, 0.6) is 0 Å². The first-order chi connectivity index (χ1) is 13.1. The molecule has 138 valence electrons. The van der Waals surface area contributed by atoms with Gasteiger partial charge in [0.05, 0.1) is 10.7 Å². The van der Waals surface area contributed by atoms with Crippen LogP contribution in [-0.2, 0) is 4.79 Å². The fourth-order valence-electron chi connectivity index (χ4n) is 3.03. The number of carbonyl (C=O) groups excluding carboxylic acids is 1. The number of anilines is 2. The molecule has 6 heteroatoms. The van der Waals surface area contributed by atoms with E-state index in [4.69, 9.17) is 23.2 Å². The number of hydrogen-bond acceptors (Lipinski definition) is 3. The lowest BCUT2D eigenvalue weighted by Crippen LogP contribution is -2.29. The van der Waals surface area contributed by atoms with Crippen LogP contribution >= 0.6 is 23.2 Å². The first-order valence-corrected chi connectivity index (χ1v) is 9.55. The minimum absolute atomic E-state index is 0.00624. The summed E-state index contributed by atoms with van der Waals surface area (Å²) in [5.41, 5.74) is 2.38. The zero-order valence-corrected chi connectivity index (χ0v) is 16.2. The third-order valence-corrected chi connectivity index (χ3v) is 5.02. The molecule has 3 rings (SSSR count). The van der Waals surface area contributed by atoms with Crippen LogP contribution in [0.15, 0.2) is 48.0 Å². The maximum Gasteiger partial charge on any atom is 0.266 e. The van der Waals surface area contributed by atoms with Crippen LogP contribution in [0.2, 0.25) is 10.0 Å². The molecule has 4 nitrogen and oxygen atoms in total. The van der Waals surface area contributed by atoms with Crippen LogP contribution in [0.3, 0.4) is 0 Å². The van der Waals surface area contributed by atoms with Gasteiger partial charge in [-0.15, -0.1) is 0 Å². The van der Waals surface area contributed by atoms with E-state index in [0.717, 1.165) is 18.7 Å². The van der Waals surface area contributed by atoms with Crippen LogP contribution in [0, 0.1) is 11.3 Å². The standard InChI is InChI=1S/C21H19Cl2N3O/c22-17-6-9-20(19(23)13-17)25-21(27)16(14-24)12-15-4-7-18(8-5-15)26-10-2-1-3-11-26/h4-9,12-13H,1-3,10-11H2,(H,25,27)/b16-12-. The number of piperidine rings is 1. The van der Waals surface area contributed by atoms with E-state index in [9.17, 15) is 10.1 Å².